The Kier molecular flexibility index (Phi) is 3.12. The van der Waals surface area contributed by atoms with Crippen molar-refractivity contribution in [2.75, 3.05) is 13.1 Å². The quantitative estimate of drug-likeness (QED) is 0.793. The number of thiazole rings is 1. The van der Waals surface area contributed by atoms with Crippen LogP contribution in [0.15, 0.2) is 6.20 Å². The van der Waals surface area contributed by atoms with Gasteiger partial charge in [0.2, 0.25) is 0 Å². The molecule has 1 fully saturated rings. The first kappa shape index (κ1) is 11.1. The van der Waals surface area contributed by atoms with Gasteiger partial charge in [-0.25, -0.2) is 4.98 Å². The Bertz CT molecular complexity index is 319. The summed E-state index contributed by atoms with van der Waals surface area (Å²) in [4.78, 5) is 6.01. The molecule has 1 saturated heterocycles. The molecular weight excluding hydrogens is 204 g/mol. The first-order chi connectivity index (χ1) is 7.07. The van der Waals surface area contributed by atoms with Crippen molar-refractivity contribution in [3.63, 3.8) is 0 Å². The Morgan fingerprint density at radius 3 is 2.53 bits per heavy atom. The molecule has 0 amide bonds. The number of nitrogens with one attached hydrogen (secondary N) is 1. The summed E-state index contributed by atoms with van der Waals surface area (Å²) in [5.74, 6) is 0.701. The van der Waals surface area contributed by atoms with Crippen molar-refractivity contribution in [1.82, 2.24) is 10.3 Å². The topological polar surface area (TPSA) is 24.9 Å². The zero-order chi connectivity index (χ0) is 10.9. The number of hydrogen-bond donors (Lipinski definition) is 1. The molecule has 0 spiro atoms. The van der Waals surface area contributed by atoms with Crippen LogP contribution in [0, 0.1) is 0 Å². The van der Waals surface area contributed by atoms with Gasteiger partial charge in [0.05, 0.1) is 5.01 Å². The summed E-state index contributed by atoms with van der Waals surface area (Å²) in [6, 6.07) is 0. The lowest BCUT2D eigenvalue weighted by Crippen LogP contribution is -2.26. The summed E-state index contributed by atoms with van der Waals surface area (Å²) >= 11 is 1.91. The van der Waals surface area contributed by atoms with E-state index in [1.54, 1.807) is 0 Å². The third kappa shape index (κ3) is 2.58. The molecule has 1 aliphatic heterocycles. The average Bonchev–Trinajstić information content (AvgIpc) is 2.67. The first-order valence-electron chi connectivity index (χ1n) is 5.74. The Labute approximate surface area is 96.1 Å². The monoisotopic (exact) mass is 224 g/mol. The summed E-state index contributed by atoms with van der Waals surface area (Å²) < 4.78 is 0. The van der Waals surface area contributed by atoms with E-state index in [1.807, 2.05) is 11.3 Å². The van der Waals surface area contributed by atoms with Gasteiger partial charge in [-0.2, -0.15) is 0 Å². The van der Waals surface area contributed by atoms with E-state index in [1.165, 1.54) is 22.7 Å². The number of piperidine rings is 1. The fourth-order valence-corrected chi connectivity index (χ4v) is 3.04. The van der Waals surface area contributed by atoms with Gasteiger partial charge in [-0.1, -0.05) is 20.8 Å². The summed E-state index contributed by atoms with van der Waals surface area (Å²) in [6.45, 7) is 9.07. The third-order valence-corrected chi connectivity index (χ3v) is 4.54. The van der Waals surface area contributed by atoms with E-state index < -0.39 is 0 Å². The van der Waals surface area contributed by atoms with Crippen molar-refractivity contribution in [1.29, 1.82) is 0 Å². The molecule has 15 heavy (non-hydrogen) atoms. The van der Waals surface area contributed by atoms with Gasteiger partial charge >= 0.3 is 0 Å². The molecule has 0 unspecified atom stereocenters. The van der Waals surface area contributed by atoms with Crippen LogP contribution in [0.3, 0.4) is 0 Å². The third-order valence-electron chi connectivity index (χ3n) is 2.95. The molecule has 0 bridgehead atoms. The fraction of sp³-hybridized carbons (Fsp3) is 0.750. The van der Waals surface area contributed by atoms with Crippen LogP contribution in [0.5, 0.6) is 0 Å². The van der Waals surface area contributed by atoms with E-state index in [-0.39, 0.29) is 5.41 Å². The smallest absolute Gasteiger partial charge is 0.0959 e. The summed E-state index contributed by atoms with van der Waals surface area (Å²) in [5, 5.41) is 4.75. The Morgan fingerprint density at radius 2 is 2.00 bits per heavy atom. The highest BCUT2D eigenvalue weighted by Crippen LogP contribution is 2.33. The van der Waals surface area contributed by atoms with E-state index in [4.69, 9.17) is 0 Å². The van der Waals surface area contributed by atoms with Crippen LogP contribution in [-0.2, 0) is 5.41 Å². The fourth-order valence-electron chi connectivity index (χ4n) is 1.89. The number of nitrogens with zero attached hydrogens (tertiary/aromatic N) is 1. The van der Waals surface area contributed by atoms with Crippen molar-refractivity contribution in [3.05, 3.63) is 16.1 Å². The predicted molar refractivity (Wildman–Crippen MR) is 65.7 cm³/mol. The molecule has 1 aliphatic rings. The van der Waals surface area contributed by atoms with Crippen molar-refractivity contribution < 1.29 is 0 Å². The number of rotatable bonds is 1. The van der Waals surface area contributed by atoms with Crippen LogP contribution in [0.1, 0.15) is 49.4 Å². The van der Waals surface area contributed by atoms with E-state index >= 15 is 0 Å². The van der Waals surface area contributed by atoms with Crippen molar-refractivity contribution in [2.45, 2.75) is 44.9 Å². The highest BCUT2D eigenvalue weighted by Gasteiger charge is 2.22. The minimum Gasteiger partial charge on any atom is -0.317 e. The van der Waals surface area contributed by atoms with Crippen LogP contribution < -0.4 is 5.32 Å². The standard InChI is InChI=1S/C12H20N2S/c1-12(2,3)10-8-14-11(15-10)9-4-6-13-7-5-9/h8-9,13H,4-7H2,1-3H3. The van der Waals surface area contributed by atoms with Gasteiger partial charge in [0, 0.05) is 17.0 Å². The van der Waals surface area contributed by atoms with Crippen molar-refractivity contribution >= 4 is 11.3 Å². The summed E-state index contributed by atoms with van der Waals surface area (Å²) in [6.07, 6.45) is 4.57. The van der Waals surface area contributed by atoms with Crippen LogP contribution in [-0.4, -0.2) is 18.1 Å². The van der Waals surface area contributed by atoms with Gasteiger partial charge in [-0.3, -0.25) is 0 Å². The molecule has 1 N–H and O–H groups in total. The molecule has 0 saturated carbocycles. The lowest BCUT2D eigenvalue weighted by Gasteiger charge is -2.20. The van der Waals surface area contributed by atoms with Crippen molar-refractivity contribution in [2.24, 2.45) is 0 Å². The molecular formula is C12H20N2S. The molecule has 3 heteroatoms. The van der Waals surface area contributed by atoms with E-state index in [0.29, 0.717) is 5.92 Å². The minimum atomic E-state index is 0.253. The van der Waals surface area contributed by atoms with Gasteiger partial charge in [0.1, 0.15) is 0 Å². The van der Waals surface area contributed by atoms with Gasteiger partial charge < -0.3 is 5.32 Å². The van der Waals surface area contributed by atoms with Gasteiger partial charge in [0.25, 0.3) is 0 Å². The molecule has 84 valence electrons. The zero-order valence-corrected chi connectivity index (χ0v) is 10.7. The molecule has 2 nitrogen and oxygen atoms in total. The van der Waals surface area contributed by atoms with Gasteiger partial charge in [-0.15, -0.1) is 11.3 Å². The normalized spacial score (nSPS) is 19.4. The van der Waals surface area contributed by atoms with E-state index in [9.17, 15) is 0 Å². The molecule has 2 heterocycles. The van der Waals surface area contributed by atoms with Gasteiger partial charge in [0.15, 0.2) is 0 Å². The molecule has 1 aromatic rings. The maximum atomic E-state index is 4.60. The molecule has 0 aromatic carbocycles. The molecule has 1 aromatic heterocycles. The molecule has 2 rings (SSSR count). The van der Waals surface area contributed by atoms with E-state index in [0.717, 1.165) is 13.1 Å². The largest absolute Gasteiger partial charge is 0.317 e. The van der Waals surface area contributed by atoms with Crippen LogP contribution >= 0.6 is 11.3 Å². The molecule has 0 radical (unpaired) electrons. The average molecular weight is 224 g/mol. The predicted octanol–water partition coefficient (Wildman–Crippen LogP) is 2.91. The number of hydrogen-bond acceptors (Lipinski definition) is 3. The Morgan fingerprint density at radius 1 is 1.33 bits per heavy atom. The summed E-state index contributed by atoms with van der Waals surface area (Å²) in [7, 11) is 0. The number of aromatic nitrogens is 1. The Hall–Kier alpha value is -0.410. The van der Waals surface area contributed by atoms with Crippen LogP contribution in [0.4, 0.5) is 0 Å². The van der Waals surface area contributed by atoms with Crippen LogP contribution in [0.25, 0.3) is 0 Å². The molecule has 0 aliphatic carbocycles. The maximum absolute atomic E-state index is 4.60. The second-order valence-corrected chi connectivity index (χ2v) is 6.40. The second kappa shape index (κ2) is 4.22. The maximum Gasteiger partial charge on any atom is 0.0959 e. The summed E-state index contributed by atoms with van der Waals surface area (Å²) in [5.41, 5.74) is 0.253. The minimum absolute atomic E-state index is 0.253. The van der Waals surface area contributed by atoms with Gasteiger partial charge in [-0.05, 0) is 31.3 Å². The first-order valence-corrected chi connectivity index (χ1v) is 6.56. The van der Waals surface area contributed by atoms with E-state index in [2.05, 4.69) is 37.3 Å². The lowest BCUT2D eigenvalue weighted by molar-refractivity contribution is 0.459. The zero-order valence-electron chi connectivity index (χ0n) is 9.84. The van der Waals surface area contributed by atoms with Crippen molar-refractivity contribution in [3.8, 4) is 0 Å². The highest BCUT2D eigenvalue weighted by atomic mass is 32.1. The highest BCUT2D eigenvalue weighted by molar-refractivity contribution is 7.11. The molecule has 0 atom stereocenters. The van der Waals surface area contributed by atoms with Crippen LogP contribution in [0.2, 0.25) is 0 Å². The Balaban J connectivity index is 2.12. The second-order valence-electron chi connectivity index (χ2n) is 5.34. The SMILES string of the molecule is CC(C)(C)c1cnc(C2CCNCC2)s1. The lowest BCUT2D eigenvalue weighted by atomic mass is 9.96.